The number of aliphatic imine (C=N–C) groups is 1. The molecule has 0 aliphatic carbocycles. The molecule has 0 bridgehead atoms. The van der Waals surface area contributed by atoms with Crippen LogP contribution in [0.25, 0.3) is 0 Å². The van der Waals surface area contributed by atoms with E-state index in [1.807, 2.05) is 13.0 Å². The number of pyridine rings is 1. The summed E-state index contributed by atoms with van der Waals surface area (Å²) in [6, 6.07) is 1.43. The molecule has 0 amide bonds. The average Bonchev–Trinajstić information content (AvgIpc) is 2.49. The zero-order chi connectivity index (χ0) is 18.2. The van der Waals surface area contributed by atoms with Gasteiger partial charge in [0.05, 0.1) is 23.5 Å². The first-order valence-electron chi connectivity index (χ1n) is 7.12. The molecule has 24 heavy (non-hydrogen) atoms. The molecule has 1 aromatic rings. The molecule has 0 aliphatic heterocycles. The minimum Gasteiger partial charge on any atom is -0.484 e. The van der Waals surface area contributed by atoms with Gasteiger partial charge in [0.15, 0.2) is 6.61 Å². The molecule has 1 heterocycles. The standard InChI is InChI=1S/C15H21F3N4OS/c1-4-12(7-22(3)19)21-10-24-8-13-11(2)14(5-6-20-13)23-9-15(16,17)18/h4-6,10H,7-9,19H2,1-3H3/b12-4+,21-10?. The molecule has 0 aliphatic rings. The fourth-order valence-electron chi connectivity index (χ4n) is 1.70. The molecule has 0 saturated heterocycles. The van der Waals surface area contributed by atoms with E-state index in [0.29, 0.717) is 23.6 Å². The number of hydrogen-bond acceptors (Lipinski definition) is 6. The van der Waals surface area contributed by atoms with Gasteiger partial charge in [-0.3, -0.25) is 15.8 Å². The van der Waals surface area contributed by atoms with Crippen LogP contribution in [0.3, 0.4) is 0 Å². The van der Waals surface area contributed by atoms with Crippen molar-refractivity contribution < 1.29 is 17.9 Å². The summed E-state index contributed by atoms with van der Waals surface area (Å²) in [7, 11) is 1.74. The van der Waals surface area contributed by atoms with Crippen molar-refractivity contribution in [2.45, 2.75) is 25.8 Å². The highest BCUT2D eigenvalue weighted by atomic mass is 32.2. The van der Waals surface area contributed by atoms with Gasteiger partial charge in [0.25, 0.3) is 0 Å². The van der Waals surface area contributed by atoms with Crippen LogP contribution in [-0.4, -0.2) is 41.9 Å². The third kappa shape index (κ3) is 7.80. The molecule has 0 atom stereocenters. The summed E-state index contributed by atoms with van der Waals surface area (Å²) < 4.78 is 41.5. The van der Waals surface area contributed by atoms with Gasteiger partial charge in [0.1, 0.15) is 5.75 Å². The maximum atomic E-state index is 12.2. The molecule has 0 fully saturated rings. The molecule has 2 N–H and O–H groups in total. The largest absolute Gasteiger partial charge is 0.484 e. The summed E-state index contributed by atoms with van der Waals surface area (Å²) in [6.45, 7) is 2.76. The van der Waals surface area contributed by atoms with Crippen LogP contribution in [0.4, 0.5) is 13.2 Å². The van der Waals surface area contributed by atoms with Crippen molar-refractivity contribution in [3.8, 4) is 5.75 Å². The van der Waals surface area contributed by atoms with Crippen LogP contribution in [0, 0.1) is 6.92 Å². The average molecular weight is 362 g/mol. The van der Waals surface area contributed by atoms with Gasteiger partial charge in [-0.1, -0.05) is 6.08 Å². The Morgan fingerprint density at radius 1 is 1.50 bits per heavy atom. The third-order valence-corrected chi connectivity index (χ3v) is 3.60. The van der Waals surface area contributed by atoms with Gasteiger partial charge >= 0.3 is 6.18 Å². The van der Waals surface area contributed by atoms with E-state index in [0.717, 1.165) is 5.70 Å². The number of likely N-dealkylation sites (N-methyl/N-ethyl adjacent to an activating group) is 1. The van der Waals surface area contributed by atoms with Gasteiger partial charge in [-0.15, -0.1) is 11.8 Å². The van der Waals surface area contributed by atoms with Gasteiger partial charge in [0.2, 0.25) is 0 Å². The summed E-state index contributed by atoms with van der Waals surface area (Å²) in [5.41, 5.74) is 3.74. The Labute approximate surface area is 143 Å². The Hall–Kier alpha value is -1.58. The second-order valence-corrected chi connectivity index (χ2v) is 5.86. The number of thioether (sulfide) groups is 1. The summed E-state index contributed by atoms with van der Waals surface area (Å²) in [5.74, 6) is 6.24. The Morgan fingerprint density at radius 2 is 2.21 bits per heavy atom. The van der Waals surface area contributed by atoms with E-state index >= 15 is 0 Å². The third-order valence-electron chi connectivity index (χ3n) is 2.91. The molecule has 0 spiro atoms. The minimum atomic E-state index is -4.36. The molecule has 0 radical (unpaired) electrons. The van der Waals surface area contributed by atoms with Gasteiger partial charge in [0, 0.05) is 24.6 Å². The summed E-state index contributed by atoms with van der Waals surface area (Å²) >= 11 is 1.39. The van der Waals surface area contributed by atoms with Gasteiger partial charge in [-0.05, 0) is 19.9 Å². The summed E-state index contributed by atoms with van der Waals surface area (Å²) in [6.07, 6.45) is -1.07. The Kier molecular flexibility index (Phi) is 8.23. The number of aromatic nitrogens is 1. The van der Waals surface area contributed by atoms with Crippen molar-refractivity contribution in [3.05, 3.63) is 35.3 Å². The molecule has 9 heteroatoms. The number of ether oxygens (including phenoxy) is 1. The highest BCUT2D eigenvalue weighted by molar-refractivity contribution is 8.11. The molecule has 0 unspecified atom stereocenters. The molecule has 1 rings (SSSR count). The second-order valence-electron chi connectivity index (χ2n) is 5.03. The number of hydrazine groups is 1. The predicted molar refractivity (Wildman–Crippen MR) is 90.9 cm³/mol. The van der Waals surface area contributed by atoms with Gasteiger partial charge in [-0.2, -0.15) is 13.2 Å². The minimum absolute atomic E-state index is 0.189. The first-order chi connectivity index (χ1) is 11.2. The van der Waals surface area contributed by atoms with E-state index in [1.54, 1.807) is 19.5 Å². The lowest BCUT2D eigenvalue weighted by molar-refractivity contribution is -0.153. The number of rotatable bonds is 8. The summed E-state index contributed by atoms with van der Waals surface area (Å²) in [4.78, 5) is 8.47. The van der Waals surface area contributed by atoms with Crippen LogP contribution in [0.1, 0.15) is 18.2 Å². The molecule has 134 valence electrons. The molecule has 0 saturated carbocycles. The highest BCUT2D eigenvalue weighted by Gasteiger charge is 2.28. The zero-order valence-corrected chi connectivity index (χ0v) is 14.6. The number of allylic oxidation sites excluding steroid dienone is 1. The van der Waals surface area contributed by atoms with Crippen LogP contribution >= 0.6 is 11.8 Å². The number of hydrogen-bond donors (Lipinski definition) is 1. The lowest BCUT2D eigenvalue weighted by Gasteiger charge is -2.13. The van der Waals surface area contributed by atoms with E-state index in [1.165, 1.54) is 29.0 Å². The Bertz CT molecular complexity index is 589. The first-order valence-corrected chi connectivity index (χ1v) is 8.17. The second kappa shape index (κ2) is 9.65. The monoisotopic (exact) mass is 362 g/mol. The van der Waals surface area contributed by atoms with Crippen molar-refractivity contribution in [2.75, 3.05) is 20.2 Å². The van der Waals surface area contributed by atoms with E-state index in [4.69, 9.17) is 10.6 Å². The maximum absolute atomic E-state index is 12.2. The lowest BCUT2D eigenvalue weighted by atomic mass is 10.2. The highest BCUT2D eigenvalue weighted by Crippen LogP contribution is 2.24. The quantitative estimate of drug-likeness (QED) is 0.333. The smallest absolute Gasteiger partial charge is 0.422 e. The molecule has 5 nitrogen and oxygen atoms in total. The summed E-state index contributed by atoms with van der Waals surface area (Å²) in [5, 5.41) is 1.52. The maximum Gasteiger partial charge on any atom is 0.422 e. The van der Waals surface area contributed by atoms with E-state index in [2.05, 4.69) is 9.98 Å². The van der Waals surface area contributed by atoms with Crippen molar-refractivity contribution in [1.29, 1.82) is 0 Å². The van der Waals surface area contributed by atoms with Gasteiger partial charge < -0.3 is 4.74 Å². The number of nitrogens with two attached hydrogens (primary N) is 1. The molecule has 1 aromatic heterocycles. The number of nitrogens with zero attached hydrogens (tertiary/aromatic N) is 3. The first kappa shape index (κ1) is 20.5. The molecular formula is C15H21F3N4OS. The van der Waals surface area contributed by atoms with E-state index < -0.39 is 12.8 Å². The molecular weight excluding hydrogens is 341 g/mol. The van der Waals surface area contributed by atoms with Crippen molar-refractivity contribution >= 4 is 17.3 Å². The van der Waals surface area contributed by atoms with Crippen molar-refractivity contribution in [1.82, 2.24) is 9.99 Å². The topological polar surface area (TPSA) is 63.7 Å². The van der Waals surface area contributed by atoms with E-state index in [-0.39, 0.29) is 5.75 Å². The fraction of sp³-hybridized carbons (Fsp3) is 0.467. The lowest BCUT2D eigenvalue weighted by Crippen LogP contribution is -2.27. The van der Waals surface area contributed by atoms with Crippen LogP contribution in [-0.2, 0) is 5.75 Å². The SMILES string of the molecule is C/C=C(\CN(C)N)N=CSCc1nccc(OCC(F)(F)F)c1C. The van der Waals surface area contributed by atoms with Crippen LogP contribution < -0.4 is 10.6 Å². The van der Waals surface area contributed by atoms with Crippen LogP contribution in [0.5, 0.6) is 5.75 Å². The number of halogens is 3. The van der Waals surface area contributed by atoms with Crippen LogP contribution in [0.2, 0.25) is 0 Å². The van der Waals surface area contributed by atoms with Crippen molar-refractivity contribution in [3.63, 3.8) is 0 Å². The normalized spacial score (nSPS) is 13.1. The zero-order valence-electron chi connectivity index (χ0n) is 13.8. The number of alkyl halides is 3. The fourth-order valence-corrected chi connectivity index (χ4v) is 2.44. The molecule has 0 aromatic carbocycles. The van der Waals surface area contributed by atoms with Crippen molar-refractivity contribution in [2.24, 2.45) is 10.8 Å². The Balaban J connectivity index is 2.62. The predicted octanol–water partition coefficient (Wildman–Crippen LogP) is 3.30. The van der Waals surface area contributed by atoms with Crippen LogP contribution in [0.15, 0.2) is 29.0 Å². The van der Waals surface area contributed by atoms with Gasteiger partial charge in [-0.25, -0.2) is 5.01 Å². The Morgan fingerprint density at radius 3 is 2.79 bits per heavy atom. The van der Waals surface area contributed by atoms with E-state index in [9.17, 15) is 13.2 Å².